The Kier molecular flexibility index (Phi) is 12.8. The van der Waals surface area contributed by atoms with Gasteiger partial charge in [0.1, 0.15) is 12.1 Å². The number of nitrogens with zero attached hydrogens (tertiary/aromatic N) is 1. The minimum atomic E-state index is -1.10. The summed E-state index contributed by atoms with van der Waals surface area (Å²) in [5.41, 5.74) is 8.71. The van der Waals surface area contributed by atoms with Gasteiger partial charge in [0.15, 0.2) is 0 Å². The van der Waals surface area contributed by atoms with Crippen LogP contribution in [0.5, 0.6) is 0 Å². The van der Waals surface area contributed by atoms with E-state index in [0.717, 1.165) is 38.5 Å². The molecule has 8 N–H and O–H groups in total. The molecule has 0 radical (unpaired) electrons. The second kappa shape index (κ2) is 15.6. The first-order chi connectivity index (χ1) is 22.9. The number of Topliss-reactive ketones (excluding diaryl/α,β-unsaturated/α-hetero) is 1. The normalized spacial score (nSPS) is 23.6. The summed E-state index contributed by atoms with van der Waals surface area (Å²) in [5, 5.41) is 11.5. The first kappa shape index (κ1) is 41.2. The smallest absolute Gasteiger partial charge is 0.315 e. The number of nitrogens with one attached hydrogen (secondary N) is 4. The molecule has 0 aromatic rings. The first-order valence-corrected chi connectivity index (χ1v) is 18.5. The average molecular weight is 704 g/mol. The fourth-order valence-corrected chi connectivity index (χ4v) is 7.47. The quantitative estimate of drug-likeness (QED) is 0.149. The second-order valence-electron chi connectivity index (χ2n) is 18.3. The number of carbonyl (C=O) groups is 6. The van der Waals surface area contributed by atoms with Crippen LogP contribution >= 0.6 is 0 Å². The molecular formula is C37H65N7O6. The van der Waals surface area contributed by atoms with Crippen LogP contribution < -0.4 is 32.7 Å². The maximum absolute atomic E-state index is 14.7. The third kappa shape index (κ3) is 9.76. The van der Waals surface area contributed by atoms with Gasteiger partial charge in [-0.3, -0.25) is 24.0 Å². The Bertz CT molecular complexity index is 1290. The first-order valence-electron chi connectivity index (χ1n) is 18.5. The van der Waals surface area contributed by atoms with Crippen molar-refractivity contribution in [2.24, 2.45) is 45.5 Å². The molecule has 6 amide bonds. The van der Waals surface area contributed by atoms with E-state index in [1.165, 1.54) is 0 Å². The standard InChI is InChI=1S/C37H65N7O6/c1-21(2)37(23-15-12-16-23)18-25(30(47)41-24(27(45)29(38)46)17-22-13-11-14-22)44(20-37)31(48)28(35(6,7)8)43-33(50)42-26(34(3,4)5)19-40-32(49)36(9,10)39/h21-26,28H,11-20,39H2,1-10H3,(H2,38,46)(H,40,49)(H,41,47)(H2,42,43,50)/t24?,25-,26+,28+,37+/m0/s1. The number of nitrogens with two attached hydrogens (primary N) is 2. The summed E-state index contributed by atoms with van der Waals surface area (Å²) in [6.07, 6.45) is 6.72. The molecule has 3 fully saturated rings. The Labute approximate surface area is 298 Å². The fraction of sp³-hybridized carbons (Fsp3) is 0.838. The van der Waals surface area contributed by atoms with Gasteiger partial charge >= 0.3 is 6.03 Å². The molecule has 0 bridgehead atoms. The topological polar surface area (TPSA) is 206 Å². The molecule has 50 heavy (non-hydrogen) atoms. The number of primary amides is 1. The molecule has 13 nitrogen and oxygen atoms in total. The lowest BCUT2D eigenvalue weighted by molar-refractivity contribution is -0.143. The van der Waals surface area contributed by atoms with Crippen LogP contribution in [0.15, 0.2) is 0 Å². The molecule has 3 aliphatic rings. The van der Waals surface area contributed by atoms with Gasteiger partial charge in [-0.25, -0.2) is 4.79 Å². The molecule has 1 heterocycles. The lowest BCUT2D eigenvalue weighted by atomic mass is 9.59. The molecule has 0 aromatic heterocycles. The van der Waals surface area contributed by atoms with Gasteiger partial charge in [0.2, 0.25) is 23.5 Å². The van der Waals surface area contributed by atoms with Crippen LogP contribution in [0, 0.1) is 34.0 Å². The van der Waals surface area contributed by atoms with Crippen molar-refractivity contribution in [2.75, 3.05) is 13.1 Å². The van der Waals surface area contributed by atoms with Crippen molar-refractivity contribution in [1.82, 2.24) is 26.2 Å². The summed E-state index contributed by atoms with van der Waals surface area (Å²) in [6.45, 7) is 19.3. The molecular weight excluding hydrogens is 638 g/mol. The molecule has 284 valence electrons. The highest BCUT2D eigenvalue weighted by atomic mass is 16.2. The number of urea groups is 1. The Hall–Kier alpha value is -3.22. The average Bonchev–Trinajstić information content (AvgIpc) is 3.33. The Morgan fingerprint density at radius 1 is 0.840 bits per heavy atom. The summed E-state index contributed by atoms with van der Waals surface area (Å²) in [6, 6.07) is -4.05. The van der Waals surface area contributed by atoms with Crippen molar-refractivity contribution >= 4 is 35.4 Å². The van der Waals surface area contributed by atoms with Gasteiger partial charge in [0.25, 0.3) is 5.91 Å². The number of hydrogen-bond acceptors (Lipinski definition) is 7. The minimum Gasteiger partial charge on any atom is -0.363 e. The van der Waals surface area contributed by atoms with Crippen molar-refractivity contribution in [1.29, 1.82) is 0 Å². The van der Waals surface area contributed by atoms with E-state index in [1.54, 1.807) is 18.7 Å². The fourth-order valence-electron chi connectivity index (χ4n) is 7.47. The third-order valence-electron chi connectivity index (χ3n) is 11.5. The second-order valence-corrected chi connectivity index (χ2v) is 18.3. The SMILES string of the molecule is CC(C)[C@@]1(C2CCC2)C[C@@H](C(=O)NC(CC2CCC2)C(=O)C(N)=O)N(C(=O)[C@@H](NC(=O)N[C@H](CNC(=O)C(C)(C)N)C(C)(C)C)C(C)(C)C)C1. The lowest BCUT2D eigenvalue weighted by Gasteiger charge is -2.46. The summed E-state index contributed by atoms with van der Waals surface area (Å²) < 4.78 is 0. The Morgan fingerprint density at radius 2 is 1.42 bits per heavy atom. The molecule has 0 aromatic carbocycles. The zero-order chi connectivity index (χ0) is 38.0. The molecule has 1 unspecified atom stereocenters. The van der Waals surface area contributed by atoms with Crippen LogP contribution in [-0.2, 0) is 24.0 Å². The van der Waals surface area contributed by atoms with Crippen molar-refractivity contribution in [3.63, 3.8) is 0 Å². The molecule has 3 rings (SSSR count). The highest BCUT2D eigenvalue weighted by Crippen LogP contribution is 2.54. The van der Waals surface area contributed by atoms with Crippen molar-refractivity contribution in [3.05, 3.63) is 0 Å². The maximum atomic E-state index is 14.7. The molecule has 2 saturated carbocycles. The van der Waals surface area contributed by atoms with E-state index in [9.17, 15) is 28.8 Å². The van der Waals surface area contributed by atoms with Crippen LogP contribution in [0.25, 0.3) is 0 Å². The highest BCUT2D eigenvalue weighted by molar-refractivity contribution is 6.37. The molecule has 5 atom stereocenters. The van der Waals surface area contributed by atoms with Gasteiger partial charge in [-0.15, -0.1) is 0 Å². The summed E-state index contributed by atoms with van der Waals surface area (Å²) in [7, 11) is 0. The predicted octanol–water partition coefficient (Wildman–Crippen LogP) is 2.74. The van der Waals surface area contributed by atoms with Crippen molar-refractivity contribution in [2.45, 2.75) is 150 Å². The number of likely N-dealkylation sites (tertiary alicyclic amines) is 1. The summed E-state index contributed by atoms with van der Waals surface area (Å²) in [4.78, 5) is 81.6. The van der Waals surface area contributed by atoms with Crippen LogP contribution in [0.1, 0.15) is 121 Å². The van der Waals surface area contributed by atoms with E-state index in [-0.39, 0.29) is 29.7 Å². The zero-order valence-corrected chi connectivity index (χ0v) is 32.2. The number of carbonyl (C=O) groups excluding carboxylic acids is 6. The third-order valence-corrected chi connectivity index (χ3v) is 11.5. The van der Waals surface area contributed by atoms with Gasteiger partial charge in [-0.1, -0.05) is 81.1 Å². The van der Waals surface area contributed by atoms with Gasteiger partial charge in [0.05, 0.1) is 17.6 Å². The van der Waals surface area contributed by atoms with Crippen molar-refractivity contribution < 1.29 is 28.8 Å². The van der Waals surface area contributed by atoms with Gasteiger partial charge in [-0.05, 0) is 73.5 Å². The summed E-state index contributed by atoms with van der Waals surface area (Å²) in [5.74, 6) is -2.45. The minimum absolute atomic E-state index is 0.128. The van der Waals surface area contributed by atoms with Crippen LogP contribution in [0.3, 0.4) is 0 Å². The molecule has 1 aliphatic heterocycles. The summed E-state index contributed by atoms with van der Waals surface area (Å²) >= 11 is 0. The van der Waals surface area contributed by atoms with Crippen LogP contribution in [0.4, 0.5) is 4.79 Å². The number of amides is 6. The maximum Gasteiger partial charge on any atom is 0.315 e. The van der Waals surface area contributed by atoms with E-state index in [1.807, 2.05) is 41.5 Å². The number of ketones is 1. The Morgan fingerprint density at radius 3 is 1.84 bits per heavy atom. The van der Waals surface area contributed by atoms with E-state index in [2.05, 4.69) is 35.1 Å². The number of hydrogen-bond donors (Lipinski definition) is 6. The molecule has 13 heteroatoms. The molecule has 0 spiro atoms. The van der Waals surface area contributed by atoms with Gasteiger partial charge in [-0.2, -0.15) is 0 Å². The van der Waals surface area contributed by atoms with E-state index >= 15 is 0 Å². The van der Waals surface area contributed by atoms with Gasteiger partial charge in [0, 0.05) is 13.1 Å². The monoisotopic (exact) mass is 703 g/mol. The van der Waals surface area contributed by atoms with E-state index in [0.29, 0.717) is 25.3 Å². The lowest BCUT2D eigenvalue weighted by Crippen LogP contribution is -2.62. The zero-order valence-electron chi connectivity index (χ0n) is 32.2. The Balaban J connectivity index is 1.91. The van der Waals surface area contributed by atoms with Crippen LogP contribution in [0.2, 0.25) is 0 Å². The van der Waals surface area contributed by atoms with Crippen molar-refractivity contribution in [3.8, 4) is 0 Å². The van der Waals surface area contributed by atoms with E-state index < -0.39 is 70.1 Å². The molecule has 1 saturated heterocycles. The molecule has 2 aliphatic carbocycles. The number of rotatable bonds is 14. The highest BCUT2D eigenvalue weighted by Gasteiger charge is 2.56. The predicted molar refractivity (Wildman–Crippen MR) is 192 cm³/mol. The van der Waals surface area contributed by atoms with Gasteiger partial charge < -0.3 is 37.6 Å². The largest absolute Gasteiger partial charge is 0.363 e. The van der Waals surface area contributed by atoms with Crippen LogP contribution in [-0.4, -0.2) is 83.1 Å². The van der Waals surface area contributed by atoms with E-state index in [4.69, 9.17) is 11.5 Å².